The van der Waals surface area contributed by atoms with E-state index in [1.807, 2.05) is 0 Å². The van der Waals surface area contributed by atoms with Gasteiger partial charge in [-0.25, -0.2) is 0 Å². The van der Waals surface area contributed by atoms with E-state index in [0.717, 1.165) is 0 Å². The second kappa shape index (κ2) is 4.98. The Bertz CT molecular complexity index is 457. The number of nitrogens with zero attached hydrogens (tertiary/aromatic N) is 1. The molecule has 1 aromatic carbocycles. The predicted molar refractivity (Wildman–Crippen MR) is 71.0 cm³/mol. The van der Waals surface area contributed by atoms with Gasteiger partial charge in [0.25, 0.3) is 0 Å². The molecule has 7 heteroatoms. The van der Waals surface area contributed by atoms with E-state index >= 15 is 0 Å². The van der Waals surface area contributed by atoms with Crippen molar-refractivity contribution in [2.45, 2.75) is 11.2 Å². The van der Waals surface area contributed by atoms with E-state index < -0.39 is 7.12 Å². The fourth-order valence-corrected chi connectivity index (χ4v) is 2.58. The highest BCUT2D eigenvalue weighted by molar-refractivity contribution is 9.09. The van der Waals surface area contributed by atoms with Crippen LogP contribution in [0.2, 0.25) is 5.02 Å². The molecule has 1 unspecified atom stereocenters. The van der Waals surface area contributed by atoms with Crippen LogP contribution in [0.25, 0.3) is 0 Å². The zero-order valence-corrected chi connectivity index (χ0v) is 11.1. The van der Waals surface area contributed by atoms with Gasteiger partial charge in [0.2, 0.25) is 5.91 Å². The fourth-order valence-electron chi connectivity index (χ4n) is 1.79. The third kappa shape index (κ3) is 2.65. The summed E-state index contributed by atoms with van der Waals surface area (Å²) in [5.74, 6) is -0.0293. The van der Waals surface area contributed by atoms with Crippen molar-refractivity contribution in [1.82, 2.24) is 0 Å². The van der Waals surface area contributed by atoms with Crippen LogP contribution in [0, 0.1) is 0 Å². The number of carbonyl (C=O) groups is 1. The normalized spacial score (nSPS) is 19.9. The summed E-state index contributed by atoms with van der Waals surface area (Å²) in [5, 5.41) is 18.6. The van der Waals surface area contributed by atoms with Crippen LogP contribution in [0.1, 0.15) is 6.42 Å². The SMILES string of the molecule is O=C1CC(Br)CN1c1cc(B(O)O)ccc1Cl. The molecule has 0 aromatic heterocycles. The molecule has 2 N–H and O–H groups in total. The Morgan fingerprint density at radius 2 is 2.18 bits per heavy atom. The number of anilines is 1. The van der Waals surface area contributed by atoms with Crippen LogP contribution in [-0.2, 0) is 4.79 Å². The molecule has 4 nitrogen and oxygen atoms in total. The maximum absolute atomic E-state index is 11.7. The highest BCUT2D eigenvalue weighted by Crippen LogP contribution is 2.30. The zero-order chi connectivity index (χ0) is 12.6. The van der Waals surface area contributed by atoms with Crippen LogP contribution in [0.3, 0.4) is 0 Å². The molecule has 0 saturated carbocycles. The molecule has 1 heterocycles. The van der Waals surface area contributed by atoms with Gasteiger partial charge < -0.3 is 14.9 Å². The minimum absolute atomic E-state index is 0.0293. The van der Waals surface area contributed by atoms with Crippen LogP contribution < -0.4 is 10.4 Å². The largest absolute Gasteiger partial charge is 0.488 e. The number of carbonyl (C=O) groups excluding carboxylic acids is 1. The van der Waals surface area contributed by atoms with Gasteiger partial charge in [-0.3, -0.25) is 4.79 Å². The lowest BCUT2D eigenvalue weighted by molar-refractivity contribution is -0.117. The molecule has 1 aliphatic rings. The van der Waals surface area contributed by atoms with Crippen LogP contribution >= 0.6 is 27.5 Å². The molecule has 1 atom stereocenters. The van der Waals surface area contributed by atoms with Gasteiger partial charge in [0, 0.05) is 17.8 Å². The number of halogens is 2. The summed E-state index contributed by atoms with van der Waals surface area (Å²) in [4.78, 5) is 13.4. The Hall–Kier alpha value is -0.555. The van der Waals surface area contributed by atoms with Gasteiger partial charge >= 0.3 is 7.12 Å². The van der Waals surface area contributed by atoms with E-state index in [0.29, 0.717) is 29.1 Å². The van der Waals surface area contributed by atoms with Gasteiger partial charge in [-0.2, -0.15) is 0 Å². The summed E-state index contributed by atoms with van der Waals surface area (Å²) in [6.45, 7) is 0.531. The van der Waals surface area contributed by atoms with E-state index in [2.05, 4.69) is 15.9 Å². The highest BCUT2D eigenvalue weighted by Gasteiger charge is 2.30. The van der Waals surface area contributed by atoms with Crippen molar-refractivity contribution in [3.8, 4) is 0 Å². The lowest BCUT2D eigenvalue weighted by Crippen LogP contribution is -2.32. The molecular formula is C10H10BBrClNO3. The van der Waals surface area contributed by atoms with Crippen LogP contribution in [0.15, 0.2) is 18.2 Å². The number of rotatable bonds is 2. The van der Waals surface area contributed by atoms with Crippen molar-refractivity contribution in [2.75, 3.05) is 11.4 Å². The molecule has 1 fully saturated rings. The van der Waals surface area contributed by atoms with Crippen molar-refractivity contribution in [2.24, 2.45) is 0 Å². The van der Waals surface area contributed by atoms with Crippen LogP contribution in [0.5, 0.6) is 0 Å². The Kier molecular flexibility index (Phi) is 3.77. The smallest absolute Gasteiger partial charge is 0.423 e. The van der Waals surface area contributed by atoms with Gasteiger partial charge in [-0.15, -0.1) is 0 Å². The molecule has 0 radical (unpaired) electrons. The number of alkyl halides is 1. The summed E-state index contributed by atoms with van der Waals surface area (Å²) >= 11 is 9.41. The molecule has 1 saturated heterocycles. The third-order valence-corrected chi connectivity index (χ3v) is 3.57. The molecule has 1 amide bonds. The number of hydrogen-bond acceptors (Lipinski definition) is 3. The predicted octanol–water partition coefficient (Wildman–Crippen LogP) is 0.520. The molecule has 0 bridgehead atoms. The van der Waals surface area contributed by atoms with Crippen LogP contribution in [0.4, 0.5) is 5.69 Å². The molecule has 1 aliphatic heterocycles. The first-order chi connectivity index (χ1) is 7.99. The first-order valence-electron chi connectivity index (χ1n) is 5.09. The maximum Gasteiger partial charge on any atom is 0.488 e. The van der Waals surface area contributed by atoms with Gasteiger partial charge in [-0.05, 0) is 17.6 Å². The van der Waals surface area contributed by atoms with Crippen molar-refractivity contribution in [3.63, 3.8) is 0 Å². The number of hydrogen-bond donors (Lipinski definition) is 2. The summed E-state index contributed by atoms with van der Waals surface area (Å²) in [6.07, 6.45) is 0.419. The van der Waals surface area contributed by atoms with Crippen LogP contribution in [-0.4, -0.2) is 34.4 Å². The van der Waals surface area contributed by atoms with E-state index in [9.17, 15) is 4.79 Å². The average Bonchev–Trinajstić information content (AvgIpc) is 2.58. The van der Waals surface area contributed by atoms with E-state index in [1.54, 1.807) is 11.0 Å². The van der Waals surface area contributed by atoms with E-state index in [1.165, 1.54) is 12.1 Å². The highest BCUT2D eigenvalue weighted by atomic mass is 79.9. The lowest BCUT2D eigenvalue weighted by atomic mass is 9.80. The molecule has 17 heavy (non-hydrogen) atoms. The Balaban J connectivity index is 2.37. The van der Waals surface area contributed by atoms with Crippen molar-refractivity contribution in [3.05, 3.63) is 23.2 Å². The fraction of sp³-hybridized carbons (Fsp3) is 0.300. The molecule has 0 aliphatic carbocycles. The minimum Gasteiger partial charge on any atom is -0.423 e. The van der Waals surface area contributed by atoms with Crippen molar-refractivity contribution >= 4 is 51.7 Å². The van der Waals surface area contributed by atoms with Crippen molar-refractivity contribution in [1.29, 1.82) is 0 Å². The molecule has 1 aromatic rings. The number of benzene rings is 1. The third-order valence-electron chi connectivity index (χ3n) is 2.64. The van der Waals surface area contributed by atoms with Gasteiger partial charge in [-0.1, -0.05) is 33.6 Å². The first-order valence-corrected chi connectivity index (χ1v) is 6.38. The Morgan fingerprint density at radius 3 is 2.71 bits per heavy atom. The molecular weight excluding hydrogens is 308 g/mol. The summed E-state index contributed by atoms with van der Waals surface area (Å²) < 4.78 is 0. The monoisotopic (exact) mass is 317 g/mol. The van der Waals surface area contributed by atoms with Gasteiger partial charge in [0.1, 0.15) is 0 Å². The van der Waals surface area contributed by atoms with Crippen molar-refractivity contribution < 1.29 is 14.8 Å². The number of amides is 1. The van der Waals surface area contributed by atoms with Gasteiger partial charge in [0.15, 0.2) is 0 Å². The minimum atomic E-state index is -1.57. The second-order valence-electron chi connectivity index (χ2n) is 3.89. The standard InChI is InChI=1S/C10H10BBrClNO3/c12-7-4-10(15)14(5-7)9-3-6(11(16)17)1-2-8(9)13/h1-3,7,16-17H,4-5H2. The Labute approximate surface area is 112 Å². The molecule has 90 valence electrons. The molecule has 0 spiro atoms. The zero-order valence-electron chi connectivity index (χ0n) is 8.81. The lowest BCUT2D eigenvalue weighted by Gasteiger charge is -2.18. The van der Waals surface area contributed by atoms with Gasteiger partial charge in [0.05, 0.1) is 10.7 Å². The summed E-state index contributed by atoms with van der Waals surface area (Å²) in [6, 6.07) is 4.60. The maximum atomic E-state index is 11.7. The Morgan fingerprint density at radius 1 is 1.47 bits per heavy atom. The quantitative estimate of drug-likeness (QED) is 0.617. The first kappa shape index (κ1) is 12.9. The summed E-state index contributed by atoms with van der Waals surface area (Å²) in [5.41, 5.74) is 0.833. The second-order valence-corrected chi connectivity index (χ2v) is 5.59. The molecule has 2 rings (SSSR count). The summed E-state index contributed by atoms with van der Waals surface area (Å²) in [7, 11) is -1.57. The van der Waals surface area contributed by atoms with E-state index in [-0.39, 0.29) is 10.7 Å². The average molecular weight is 318 g/mol. The van der Waals surface area contributed by atoms with E-state index in [4.69, 9.17) is 21.6 Å². The topological polar surface area (TPSA) is 60.8 Å².